The van der Waals surface area contributed by atoms with Gasteiger partial charge in [0.25, 0.3) is 5.91 Å². The maximum Gasteiger partial charge on any atom is 0.253 e. The van der Waals surface area contributed by atoms with E-state index in [4.69, 9.17) is 0 Å². The zero-order chi connectivity index (χ0) is 21.1. The quantitative estimate of drug-likeness (QED) is 0.676. The van der Waals surface area contributed by atoms with E-state index in [0.29, 0.717) is 17.6 Å². The molecule has 158 valence electrons. The Hall–Kier alpha value is -3.16. The summed E-state index contributed by atoms with van der Waals surface area (Å²) < 4.78 is 0. The molecule has 2 aliphatic rings. The van der Waals surface area contributed by atoms with Gasteiger partial charge >= 0.3 is 0 Å². The normalized spacial score (nSPS) is 18.1. The Morgan fingerprint density at radius 2 is 2.00 bits per heavy atom. The molecule has 30 heavy (non-hydrogen) atoms. The number of likely N-dealkylation sites (N-methyl/N-ethyl adjacent to an activating group) is 1. The highest BCUT2D eigenvalue weighted by Gasteiger charge is 2.29. The van der Waals surface area contributed by atoms with E-state index in [9.17, 15) is 4.79 Å². The van der Waals surface area contributed by atoms with Crippen LogP contribution in [0.2, 0.25) is 0 Å². The van der Waals surface area contributed by atoms with Crippen LogP contribution < -0.4 is 15.1 Å². The number of pyridine rings is 1. The predicted molar refractivity (Wildman–Crippen MR) is 119 cm³/mol. The fraction of sp³-hybridized carbons (Fsp3) is 0.455. The number of carbonyl (C=O) groups is 1. The van der Waals surface area contributed by atoms with Gasteiger partial charge in [0.2, 0.25) is 0 Å². The molecule has 0 aromatic carbocycles. The first-order valence-electron chi connectivity index (χ1n) is 10.7. The van der Waals surface area contributed by atoms with Crippen molar-refractivity contribution in [2.75, 3.05) is 29.9 Å². The molecule has 3 aromatic rings. The summed E-state index contributed by atoms with van der Waals surface area (Å²) in [6.45, 7) is 5.81. The third-order valence-electron chi connectivity index (χ3n) is 5.63. The van der Waals surface area contributed by atoms with Crippen LogP contribution in [0.5, 0.6) is 0 Å². The van der Waals surface area contributed by atoms with Gasteiger partial charge in [-0.25, -0.2) is 15.0 Å². The van der Waals surface area contributed by atoms with E-state index in [1.807, 2.05) is 38.2 Å². The van der Waals surface area contributed by atoms with Gasteiger partial charge in [0, 0.05) is 44.6 Å². The molecule has 1 saturated heterocycles. The maximum absolute atomic E-state index is 12.1. The van der Waals surface area contributed by atoms with Crippen molar-refractivity contribution in [1.29, 1.82) is 0 Å². The molecule has 2 fully saturated rings. The summed E-state index contributed by atoms with van der Waals surface area (Å²) in [4.78, 5) is 33.1. The number of hydrogen-bond donors (Lipinski definition) is 2. The zero-order valence-electron chi connectivity index (χ0n) is 17.8. The van der Waals surface area contributed by atoms with Gasteiger partial charge in [-0.3, -0.25) is 4.79 Å². The molecule has 1 aliphatic carbocycles. The number of hydrogen-bond acceptors (Lipinski definition) is 6. The van der Waals surface area contributed by atoms with E-state index in [0.717, 1.165) is 55.0 Å². The lowest BCUT2D eigenvalue weighted by molar-refractivity contribution is 0.0950. The van der Waals surface area contributed by atoms with Crippen LogP contribution in [0, 0.1) is 0 Å². The molecule has 1 saturated carbocycles. The van der Waals surface area contributed by atoms with Crippen molar-refractivity contribution in [3.63, 3.8) is 0 Å². The summed E-state index contributed by atoms with van der Waals surface area (Å²) in [6, 6.07) is 6.50. The lowest BCUT2D eigenvalue weighted by Gasteiger charge is -2.26. The van der Waals surface area contributed by atoms with Crippen LogP contribution in [0.1, 0.15) is 43.5 Å². The molecule has 1 unspecified atom stereocenters. The minimum absolute atomic E-state index is 0.0319. The van der Waals surface area contributed by atoms with E-state index < -0.39 is 0 Å². The average molecular weight is 408 g/mol. The molecule has 1 amide bonds. The summed E-state index contributed by atoms with van der Waals surface area (Å²) in [5.41, 5.74) is 1.48. The van der Waals surface area contributed by atoms with Gasteiger partial charge in [0.15, 0.2) is 0 Å². The minimum Gasteiger partial charge on any atom is -0.355 e. The van der Waals surface area contributed by atoms with Gasteiger partial charge in [-0.2, -0.15) is 0 Å². The molecular formula is C22H29N7O. The Morgan fingerprint density at radius 3 is 2.73 bits per heavy atom. The number of nitrogens with one attached hydrogen (secondary N) is 2. The smallest absolute Gasteiger partial charge is 0.253 e. The number of anilines is 2. The second-order valence-electron chi connectivity index (χ2n) is 7.59. The standard InChI is InChI=1S/C20H23N7O.C2H6/c1-26(17-5-2-13(10-22-17)20(28)25-14-3-4-14)15-7-9-27(11-15)19-16-6-8-21-18(16)23-12-24-19;1-2/h2,5-6,8,10,12,14-15H,3-4,7,9,11H2,1H3,(H,25,28)(H,21,23,24);1-2H3. The fourth-order valence-electron chi connectivity index (χ4n) is 3.77. The van der Waals surface area contributed by atoms with Crippen molar-refractivity contribution in [1.82, 2.24) is 25.3 Å². The van der Waals surface area contributed by atoms with E-state index in [2.05, 4.69) is 42.1 Å². The number of rotatable bonds is 5. The SMILES string of the molecule is CC.CN(c1ccc(C(=O)NC2CC2)cn1)C1CCN(c2ncnc3[nH]ccc23)C1. The number of fused-ring (bicyclic) bond motifs is 1. The van der Waals surface area contributed by atoms with Crippen LogP contribution in [-0.2, 0) is 0 Å². The third kappa shape index (κ3) is 4.08. The molecule has 8 nitrogen and oxygen atoms in total. The van der Waals surface area contributed by atoms with Gasteiger partial charge in [0.1, 0.15) is 23.6 Å². The van der Waals surface area contributed by atoms with Crippen molar-refractivity contribution in [2.24, 2.45) is 0 Å². The fourth-order valence-corrected chi connectivity index (χ4v) is 3.77. The first-order valence-corrected chi connectivity index (χ1v) is 10.7. The molecule has 1 atom stereocenters. The topological polar surface area (TPSA) is 90.0 Å². The van der Waals surface area contributed by atoms with Crippen molar-refractivity contribution >= 4 is 28.6 Å². The summed E-state index contributed by atoms with van der Waals surface area (Å²) in [5, 5.41) is 4.05. The van der Waals surface area contributed by atoms with Gasteiger partial charge in [-0.15, -0.1) is 0 Å². The summed E-state index contributed by atoms with van der Waals surface area (Å²) in [7, 11) is 2.06. The van der Waals surface area contributed by atoms with Gasteiger partial charge < -0.3 is 20.1 Å². The molecule has 1 aliphatic heterocycles. The summed E-state index contributed by atoms with van der Waals surface area (Å²) in [5.74, 6) is 1.82. The monoisotopic (exact) mass is 407 g/mol. The third-order valence-corrected chi connectivity index (χ3v) is 5.63. The van der Waals surface area contributed by atoms with Gasteiger partial charge in [-0.1, -0.05) is 13.8 Å². The number of carbonyl (C=O) groups excluding carboxylic acids is 1. The van der Waals surface area contributed by atoms with Crippen molar-refractivity contribution in [2.45, 2.75) is 45.2 Å². The molecule has 8 heteroatoms. The Balaban J connectivity index is 0.00000106. The first-order chi connectivity index (χ1) is 14.7. The van der Waals surface area contributed by atoms with E-state index in [1.54, 1.807) is 12.5 Å². The van der Waals surface area contributed by atoms with Crippen LogP contribution in [0.15, 0.2) is 36.9 Å². The summed E-state index contributed by atoms with van der Waals surface area (Å²) in [6.07, 6.45) is 8.37. The Bertz CT molecular complexity index is 996. The molecule has 0 radical (unpaired) electrons. The van der Waals surface area contributed by atoms with Crippen LogP contribution in [-0.4, -0.2) is 58.1 Å². The molecule has 3 aromatic heterocycles. The number of H-pyrrole nitrogens is 1. The molecule has 2 N–H and O–H groups in total. The lowest BCUT2D eigenvalue weighted by atomic mass is 10.2. The Morgan fingerprint density at radius 1 is 1.17 bits per heavy atom. The van der Waals surface area contributed by atoms with Crippen molar-refractivity contribution in [3.8, 4) is 0 Å². The first kappa shape index (κ1) is 20.1. The Labute approximate surface area is 176 Å². The van der Waals surface area contributed by atoms with Gasteiger partial charge in [-0.05, 0) is 37.5 Å². The van der Waals surface area contributed by atoms with E-state index in [-0.39, 0.29) is 5.91 Å². The van der Waals surface area contributed by atoms with Crippen LogP contribution in [0.3, 0.4) is 0 Å². The van der Waals surface area contributed by atoms with E-state index in [1.165, 1.54) is 0 Å². The van der Waals surface area contributed by atoms with Crippen molar-refractivity contribution < 1.29 is 4.79 Å². The average Bonchev–Trinajstić information content (AvgIpc) is 3.27. The molecule has 4 heterocycles. The number of nitrogens with zero attached hydrogens (tertiary/aromatic N) is 5. The summed E-state index contributed by atoms with van der Waals surface area (Å²) >= 11 is 0. The minimum atomic E-state index is -0.0319. The lowest BCUT2D eigenvalue weighted by Crippen LogP contribution is -2.35. The molecular weight excluding hydrogens is 378 g/mol. The largest absolute Gasteiger partial charge is 0.355 e. The Kier molecular flexibility index (Phi) is 5.83. The molecule has 0 spiro atoms. The number of aromatic amines is 1. The molecule has 5 rings (SSSR count). The predicted octanol–water partition coefficient (Wildman–Crippen LogP) is 2.99. The number of amides is 1. The zero-order valence-corrected chi connectivity index (χ0v) is 17.8. The highest BCUT2D eigenvalue weighted by Crippen LogP contribution is 2.28. The number of aromatic nitrogens is 4. The second-order valence-corrected chi connectivity index (χ2v) is 7.59. The highest BCUT2D eigenvalue weighted by atomic mass is 16.1. The highest BCUT2D eigenvalue weighted by molar-refractivity contribution is 5.94. The van der Waals surface area contributed by atoms with Gasteiger partial charge in [0.05, 0.1) is 10.9 Å². The van der Waals surface area contributed by atoms with E-state index >= 15 is 0 Å². The van der Waals surface area contributed by atoms with Crippen molar-refractivity contribution in [3.05, 3.63) is 42.5 Å². The maximum atomic E-state index is 12.1. The van der Waals surface area contributed by atoms with Crippen LogP contribution in [0.4, 0.5) is 11.6 Å². The van der Waals surface area contributed by atoms with Crippen LogP contribution >= 0.6 is 0 Å². The second kappa shape index (κ2) is 8.69. The van der Waals surface area contributed by atoms with Crippen LogP contribution in [0.25, 0.3) is 11.0 Å². The molecule has 0 bridgehead atoms.